The molecule has 0 atom stereocenters. The summed E-state index contributed by atoms with van der Waals surface area (Å²) in [6.07, 6.45) is 0. The van der Waals surface area contributed by atoms with Gasteiger partial charge >= 0.3 is 0 Å². The molecule has 0 N–H and O–H groups in total. The summed E-state index contributed by atoms with van der Waals surface area (Å²) in [5, 5.41) is 0. The van der Waals surface area contributed by atoms with E-state index in [1.165, 1.54) is 0 Å². The summed E-state index contributed by atoms with van der Waals surface area (Å²) in [5.41, 5.74) is 0. The van der Waals surface area contributed by atoms with E-state index in [2.05, 4.69) is 118 Å². The molecule has 0 aliphatic carbocycles. The van der Waals surface area contributed by atoms with Gasteiger partial charge < -0.3 is 0 Å². The molecule has 1 heterocycles. The quantitative estimate of drug-likeness (QED) is 0.448. The summed E-state index contributed by atoms with van der Waals surface area (Å²) in [5.74, 6) is 4.01. The van der Waals surface area contributed by atoms with Crippen molar-refractivity contribution in [2.75, 3.05) is 0 Å². The molecule has 0 saturated carbocycles. The first-order valence-electron chi connectivity index (χ1n) is 9.88. The van der Waals surface area contributed by atoms with Crippen LogP contribution in [0.15, 0.2) is 0 Å². The van der Waals surface area contributed by atoms with Gasteiger partial charge in [0.05, 0.1) is 12.2 Å². The molecular formula is C21H42S3. The van der Waals surface area contributed by atoms with E-state index in [4.69, 9.17) is 0 Å². The zero-order valence-corrected chi connectivity index (χ0v) is 20.6. The zero-order valence-electron chi connectivity index (χ0n) is 18.2. The van der Waals surface area contributed by atoms with Crippen LogP contribution < -0.4 is 0 Å². The van der Waals surface area contributed by atoms with Gasteiger partial charge in [-0.3, -0.25) is 0 Å². The van der Waals surface area contributed by atoms with Crippen molar-refractivity contribution in [2.24, 2.45) is 35.5 Å². The Morgan fingerprint density at radius 1 is 0.333 bits per heavy atom. The average molecular weight is 391 g/mol. The maximum absolute atomic E-state index is 2.45. The van der Waals surface area contributed by atoms with E-state index in [1.807, 2.05) is 0 Å². The Morgan fingerprint density at radius 3 is 0.542 bits per heavy atom. The van der Waals surface area contributed by atoms with E-state index >= 15 is 0 Å². The van der Waals surface area contributed by atoms with Crippen molar-refractivity contribution in [3.8, 4) is 0 Å². The second-order valence-electron chi connectivity index (χ2n) is 9.40. The second kappa shape index (κ2) is 7.97. The van der Waals surface area contributed by atoms with Crippen molar-refractivity contribution in [3.63, 3.8) is 0 Å². The lowest BCUT2D eigenvalue weighted by Crippen LogP contribution is -2.55. The van der Waals surface area contributed by atoms with Gasteiger partial charge in [0.25, 0.3) is 0 Å². The summed E-state index contributed by atoms with van der Waals surface area (Å²) in [4.78, 5) is 0. The summed E-state index contributed by atoms with van der Waals surface area (Å²) < 4.78 is 0.858. The third-order valence-corrected chi connectivity index (χ3v) is 14.9. The Kier molecular flexibility index (Phi) is 7.66. The lowest BCUT2D eigenvalue weighted by Gasteiger charge is -2.63. The van der Waals surface area contributed by atoms with Gasteiger partial charge in [0, 0.05) is 0 Å². The molecule has 0 bridgehead atoms. The van der Waals surface area contributed by atoms with Gasteiger partial charge in [0.15, 0.2) is 0 Å². The van der Waals surface area contributed by atoms with E-state index in [0.717, 1.165) is 0 Å². The second-order valence-corrected chi connectivity index (χ2v) is 14.8. The van der Waals surface area contributed by atoms with Gasteiger partial charge in [-0.15, -0.1) is 35.3 Å². The standard InChI is InChI=1S/C21H42S3/c1-13(2)19(14(3)4)22-20(15(5)6,16(7)8)24-21(23-19,17(9)10)18(11)12/h13-18H,1-12H3. The van der Waals surface area contributed by atoms with Crippen LogP contribution in [0.1, 0.15) is 83.1 Å². The van der Waals surface area contributed by atoms with Crippen molar-refractivity contribution in [2.45, 2.75) is 95.3 Å². The Morgan fingerprint density at radius 2 is 0.458 bits per heavy atom. The van der Waals surface area contributed by atoms with E-state index in [0.29, 0.717) is 35.5 Å². The molecule has 0 aromatic heterocycles. The molecule has 24 heavy (non-hydrogen) atoms. The van der Waals surface area contributed by atoms with Gasteiger partial charge in [0.1, 0.15) is 0 Å². The lowest BCUT2D eigenvalue weighted by molar-refractivity contribution is 0.380. The van der Waals surface area contributed by atoms with Crippen LogP contribution in [-0.4, -0.2) is 12.2 Å². The van der Waals surface area contributed by atoms with Crippen molar-refractivity contribution >= 4 is 35.3 Å². The molecular weight excluding hydrogens is 348 g/mol. The van der Waals surface area contributed by atoms with Crippen molar-refractivity contribution in [1.82, 2.24) is 0 Å². The first-order chi connectivity index (χ1) is 10.8. The molecule has 3 heteroatoms. The van der Waals surface area contributed by atoms with Crippen LogP contribution in [0.5, 0.6) is 0 Å². The molecule has 144 valence electrons. The first kappa shape index (κ1) is 23.1. The van der Waals surface area contributed by atoms with Crippen molar-refractivity contribution < 1.29 is 0 Å². The Balaban J connectivity index is 3.68. The molecule has 0 unspecified atom stereocenters. The maximum Gasteiger partial charge on any atom is 0.0684 e. The van der Waals surface area contributed by atoms with E-state index in [1.54, 1.807) is 0 Å². The minimum atomic E-state index is 0.286. The highest BCUT2D eigenvalue weighted by Crippen LogP contribution is 2.75. The first-order valence-corrected chi connectivity index (χ1v) is 12.3. The van der Waals surface area contributed by atoms with Crippen LogP contribution in [0.3, 0.4) is 0 Å². The average Bonchev–Trinajstić information content (AvgIpc) is 2.44. The van der Waals surface area contributed by atoms with Crippen LogP contribution >= 0.6 is 35.3 Å². The highest BCUT2D eigenvalue weighted by molar-refractivity contribution is 8.36. The minimum absolute atomic E-state index is 0.286. The largest absolute Gasteiger partial charge is 0.125 e. The molecule has 0 aromatic carbocycles. The predicted octanol–water partition coefficient (Wildman–Crippen LogP) is 8.22. The lowest BCUT2D eigenvalue weighted by atomic mass is 9.96. The number of rotatable bonds is 6. The third-order valence-electron chi connectivity index (χ3n) is 5.79. The van der Waals surface area contributed by atoms with Gasteiger partial charge in [-0.2, -0.15) is 0 Å². The van der Waals surface area contributed by atoms with Crippen molar-refractivity contribution in [1.29, 1.82) is 0 Å². The zero-order chi connectivity index (χ0) is 19.1. The van der Waals surface area contributed by atoms with Crippen LogP contribution in [0, 0.1) is 35.5 Å². The molecule has 0 amide bonds. The van der Waals surface area contributed by atoms with Crippen LogP contribution in [-0.2, 0) is 0 Å². The molecule has 1 fully saturated rings. The fraction of sp³-hybridized carbons (Fsp3) is 1.00. The number of hydrogen-bond acceptors (Lipinski definition) is 3. The topological polar surface area (TPSA) is 0 Å². The molecule has 0 aromatic rings. The van der Waals surface area contributed by atoms with Crippen LogP contribution in [0.25, 0.3) is 0 Å². The summed E-state index contributed by atoms with van der Waals surface area (Å²) in [7, 11) is 0. The predicted molar refractivity (Wildman–Crippen MR) is 120 cm³/mol. The summed E-state index contributed by atoms with van der Waals surface area (Å²) in [6, 6.07) is 0. The minimum Gasteiger partial charge on any atom is -0.125 e. The summed E-state index contributed by atoms with van der Waals surface area (Å²) in [6.45, 7) is 29.4. The van der Waals surface area contributed by atoms with Gasteiger partial charge in [0.2, 0.25) is 0 Å². The highest BCUT2D eigenvalue weighted by Gasteiger charge is 2.62. The van der Waals surface area contributed by atoms with E-state index < -0.39 is 0 Å². The van der Waals surface area contributed by atoms with E-state index in [-0.39, 0.29) is 12.2 Å². The summed E-state index contributed by atoms with van der Waals surface area (Å²) >= 11 is 6.97. The Labute approximate surface area is 165 Å². The molecule has 1 rings (SSSR count). The number of thioether (sulfide) groups is 3. The molecule has 1 saturated heterocycles. The van der Waals surface area contributed by atoms with Gasteiger partial charge in [-0.1, -0.05) is 83.1 Å². The molecule has 0 spiro atoms. The number of hydrogen-bond donors (Lipinski definition) is 0. The third kappa shape index (κ3) is 3.70. The Hall–Kier alpha value is 1.05. The normalized spacial score (nSPS) is 23.2. The molecule has 1 aliphatic rings. The molecule has 0 nitrogen and oxygen atoms in total. The monoisotopic (exact) mass is 390 g/mol. The molecule has 0 radical (unpaired) electrons. The maximum atomic E-state index is 2.45. The Bertz CT molecular complexity index is 309. The van der Waals surface area contributed by atoms with E-state index in [9.17, 15) is 0 Å². The van der Waals surface area contributed by atoms with Crippen molar-refractivity contribution in [3.05, 3.63) is 0 Å². The highest BCUT2D eigenvalue weighted by atomic mass is 32.3. The van der Waals surface area contributed by atoms with Gasteiger partial charge in [-0.25, -0.2) is 0 Å². The molecule has 1 aliphatic heterocycles. The fourth-order valence-electron chi connectivity index (χ4n) is 4.22. The smallest absolute Gasteiger partial charge is 0.0684 e. The van der Waals surface area contributed by atoms with Crippen LogP contribution in [0.4, 0.5) is 0 Å². The SMILES string of the molecule is CC(C)C1(C(C)C)SC(C(C)C)(C(C)C)SC(C(C)C)(C(C)C)S1. The van der Waals surface area contributed by atoms with Gasteiger partial charge in [-0.05, 0) is 35.5 Å². The fourth-order valence-corrected chi connectivity index (χ4v) is 12.0. The van der Waals surface area contributed by atoms with Crippen LogP contribution in [0.2, 0.25) is 0 Å².